The van der Waals surface area contributed by atoms with Crippen LogP contribution in [0.25, 0.3) is 0 Å². The van der Waals surface area contributed by atoms with E-state index in [-0.39, 0.29) is 5.91 Å². The highest BCUT2D eigenvalue weighted by Crippen LogP contribution is 2.22. The minimum atomic E-state index is 0.151. The number of hydrogen-bond acceptors (Lipinski definition) is 4. The summed E-state index contributed by atoms with van der Waals surface area (Å²) in [7, 11) is 1.64. The lowest BCUT2D eigenvalue weighted by Crippen LogP contribution is -2.49. The van der Waals surface area contributed by atoms with Crippen LogP contribution in [0.3, 0.4) is 0 Å². The summed E-state index contributed by atoms with van der Waals surface area (Å²) in [5.74, 6) is 0.935. The Morgan fingerprint density at radius 2 is 1.88 bits per heavy atom. The zero-order valence-corrected chi connectivity index (χ0v) is 14.6. The second-order valence-corrected chi connectivity index (χ2v) is 6.64. The first-order valence-electron chi connectivity index (χ1n) is 9.03. The molecule has 1 aromatic carbocycles. The predicted octanol–water partition coefficient (Wildman–Crippen LogP) is 2.41. The quantitative estimate of drug-likeness (QED) is 0.849. The average Bonchev–Trinajstić information content (AvgIpc) is 2.87. The van der Waals surface area contributed by atoms with Gasteiger partial charge in [0.15, 0.2) is 0 Å². The molecular weight excluding hydrogens is 304 g/mol. The molecule has 1 aromatic rings. The molecule has 2 aliphatic rings. The molecule has 0 spiro atoms. The summed E-state index contributed by atoms with van der Waals surface area (Å²) in [6.07, 6.45) is 4.62. The fourth-order valence-corrected chi connectivity index (χ4v) is 3.62. The molecule has 3 rings (SSSR count). The van der Waals surface area contributed by atoms with E-state index < -0.39 is 0 Å². The van der Waals surface area contributed by atoms with E-state index in [1.807, 2.05) is 24.3 Å². The molecule has 2 saturated heterocycles. The smallest absolute Gasteiger partial charge is 0.254 e. The lowest BCUT2D eigenvalue weighted by molar-refractivity contribution is 0.0218. The molecule has 2 heterocycles. The van der Waals surface area contributed by atoms with Crippen molar-refractivity contribution in [2.24, 2.45) is 0 Å². The van der Waals surface area contributed by atoms with Crippen LogP contribution in [0.15, 0.2) is 24.3 Å². The number of nitrogens with zero attached hydrogens (tertiary/aromatic N) is 2. The van der Waals surface area contributed by atoms with Crippen molar-refractivity contribution in [2.75, 3.05) is 46.5 Å². The van der Waals surface area contributed by atoms with Crippen LogP contribution in [0, 0.1) is 0 Å². The van der Waals surface area contributed by atoms with Gasteiger partial charge in [-0.3, -0.25) is 9.69 Å². The van der Waals surface area contributed by atoms with Crippen molar-refractivity contribution in [2.45, 2.75) is 31.7 Å². The zero-order chi connectivity index (χ0) is 16.8. The van der Waals surface area contributed by atoms with Crippen molar-refractivity contribution in [3.8, 4) is 5.75 Å². The molecule has 0 aliphatic carbocycles. The van der Waals surface area contributed by atoms with Gasteiger partial charge >= 0.3 is 0 Å². The molecule has 1 amide bonds. The lowest BCUT2D eigenvalue weighted by Gasteiger charge is -2.36. The Bertz CT molecular complexity index is 526. The molecule has 0 saturated carbocycles. The van der Waals surface area contributed by atoms with E-state index in [1.54, 1.807) is 7.11 Å². The normalized spacial score (nSPS) is 22.9. The lowest BCUT2D eigenvalue weighted by atomic mass is 10.1. The van der Waals surface area contributed by atoms with Crippen LogP contribution in [0.4, 0.5) is 0 Å². The Morgan fingerprint density at radius 1 is 1.12 bits per heavy atom. The van der Waals surface area contributed by atoms with Crippen LogP contribution >= 0.6 is 0 Å². The van der Waals surface area contributed by atoms with E-state index in [1.165, 1.54) is 12.8 Å². The van der Waals surface area contributed by atoms with Gasteiger partial charge in [0, 0.05) is 37.8 Å². The van der Waals surface area contributed by atoms with Crippen molar-refractivity contribution >= 4 is 5.91 Å². The number of benzene rings is 1. The highest BCUT2D eigenvalue weighted by molar-refractivity contribution is 5.94. The van der Waals surface area contributed by atoms with E-state index in [2.05, 4.69) is 9.80 Å². The molecule has 0 bridgehead atoms. The second-order valence-electron chi connectivity index (χ2n) is 6.64. The highest BCUT2D eigenvalue weighted by Gasteiger charge is 2.28. The monoisotopic (exact) mass is 332 g/mol. The maximum Gasteiger partial charge on any atom is 0.254 e. The summed E-state index contributed by atoms with van der Waals surface area (Å²) < 4.78 is 10.6. The number of amides is 1. The summed E-state index contributed by atoms with van der Waals surface area (Å²) >= 11 is 0. The second kappa shape index (κ2) is 8.49. The maximum absolute atomic E-state index is 13.0. The Kier molecular flexibility index (Phi) is 6.10. The van der Waals surface area contributed by atoms with Crippen LogP contribution < -0.4 is 4.74 Å². The zero-order valence-electron chi connectivity index (χ0n) is 14.6. The number of carbonyl (C=O) groups excluding carboxylic acids is 1. The minimum Gasteiger partial charge on any atom is -0.497 e. The maximum atomic E-state index is 13.0. The van der Waals surface area contributed by atoms with E-state index >= 15 is 0 Å². The van der Waals surface area contributed by atoms with Crippen LogP contribution in [0.2, 0.25) is 0 Å². The van der Waals surface area contributed by atoms with Gasteiger partial charge in [0.25, 0.3) is 5.91 Å². The standard InChI is InChI=1S/C19H28N2O3/c1-23-18-8-6-16(7-9-18)19(22)21-10-4-2-3-5-17(21)15-20-11-13-24-14-12-20/h6-9,17H,2-5,10-15H2,1H3. The van der Waals surface area contributed by atoms with Crippen molar-refractivity contribution in [3.63, 3.8) is 0 Å². The molecule has 0 N–H and O–H groups in total. The van der Waals surface area contributed by atoms with Crippen LogP contribution in [0.5, 0.6) is 5.75 Å². The van der Waals surface area contributed by atoms with Crippen LogP contribution in [-0.4, -0.2) is 68.3 Å². The molecule has 2 fully saturated rings. The highest BCUT2D eigenvalue weighted by atomic mass is 16.5. The Morgan fingerprint density at radius 3 is 2.58 bits per heavy atom. The van der Waals surface area contributed by atoms with Crippen molar-refractivity contribution in [1.82, 2.24) is 9.80 Å². The van der Waals surface area contributed by atoms with Crippen molar-refractivity contribution in [3.05, 3.63) is 29.8 Å². The number of ether oxygens (including phenoxy) is 2. The molecule has 5 heteroatoms. The van der Waals surface area contributed by atoms with Gasteiger partial charge in [-0.15, -0.1) is 0 Å². The molecule has 132 valence electrons. The number of rotatable bonds is 4. The van der Waals surface area contributed by atoms with Crippen molar-refractivity contribution < 1.29 is 14.3 Å². The molecule has 2 aliphatic heterocycles. The van der Waals surface area contributed by atoms with Crippen LogP contribution in [0.1, 0.15) is 36.0 Å². The van der Waals surface area contributed by atoms with Gasteiger partial charge in [-0.25, -0.2) is 0 Å². The van der Waals surface area contributed by atoms with E-state index in [0.717, 1.165) is 63.5 Å². The van der Waals surface area contributed by atoms with Gasteiger partial charge < -0.3 is 14.4 Å². The summed E-state index contributed by atoms with van der Waals surface area (Å²) in [5, 5.41) is 0. The molecule has 0 radical (unpaired) electrons. The van der Waals surface area contributed by atoms with Gasteiger partial charge in [-0.1, -0.05) is 12.8 Å². The van der Waals surface area contributed by atoms with E-state index in [9.17, 15) is 4.79 Å². The third kappa shape index (κ3) is 4.28. The van der Waals surface area contributed by atoms with E-state index in [4.69, 9.17) is 9.47 Å². The molecular formula is C19H28N2O3. The van der Waals surface area contributed by atoms with E-state index in [0.29, 0.717) is 6.04 Å². The Balaban J connectivity index is 1.71. The van der Waals surface area contributed by atoms with Gasteiger partial charge in [0.2, 0.25) is 0 Å². The first kappa shape index (κ1) is 17.2. The molecule has 24 heavy (non-hydrogen) atoms. The SMILES string of the molecule is COc1ccc(C(=O)N2CCCCCC2CN2CCOCC2)cc1. The fourth-order valence-electron chi connectivity index (χ4n) is 3.62. The molecule has 1 atom stereocenters. The van der Waals surface area contributed by atoms with Gasteiger partial charge in [0.1, 0.15) is 5.75 Å². The summed E-state index contributed by atoms with van der Waals surface area (Å²) in [4.78, 5) is 17.6. The Hall–Kier alpha value is -1.59. The van der Waals surface area contributed by atoms with Gasteiger partial charge in [-0.2, -0.15) is 0 Å². The van der Waals surface area contributed by atoms with Crippen LogP contribution in [-0.2, 0) is 4.74 Å². The van der Waals surface area contributed by atoms with Crippen molar-refractivity contribution in [1.29, 1.82) is 0 Å². The number of carbonyl (C=O) groups is 1. The molecule has 1 unspecified atom stereocenters. The number of likely N-dealkylation sites (tertiary alicyclic amines) is 1. The number of methoxy groups -OCH3 is 1. The third-order valence-electron chi connectivity index (χ3n) is 5.05. The number of morpholine rings is 1. The molecule has 0 aromatic heterocycles. The predicted molar refractivity (Wildman–Crippen MR) is 93.5 cm³/mol. The minimum absolute atomic E-state index is 0.151. The fraction of sp³-hybridized carbons (Fsp3) is 0.632. The van der Waals surface area contributed by atoms with Gasteiger partial charge in [0.05, 0.1) is 20.3 Å². The Labute approximate surface area is 144 Å². The average molecular weight is 332 g/mol. The number of hydrogen-bond donors (Lipinski definition) is 0. The third-order valence-corrected chi connectivity index (χ3v) is 5.05. The summed E-state index contributed by atoms with van der Waals surface area (Å²) in [6, 6.07) is 7.78. The topological polar surface area (TPSA) is 42.0 Å². The molecule has 5 nitrogen and oxygen atoms in total. The summed E-state index contributed by atoms with van der Waals surface area (Å²) in [6.45, 7) is 5.38. The van der Waals surface area contributed by atoms with Gasteiger partial charge in [-0.05, 0) is 37.1 Å². The summed E-state index contributed by atoms with van der Waals surface area (Å²) in [5.41, 5.74) is 0.754. The largest absolute Gasteiger partial charge is 0.497 e. The first-order chi connectivity index (χ1) is 11.8. The first-order valence-corrected chi connectivity index (χ1v) is 9.03.